The molecular weight excluding hydrogens is 236 g/mol. The lowest BCUT2D eigenvalue weighted by atomic mass is 9.67. The summed E-state index contributed by atoms with van der Waals surface area (Å²) in [5.74, 6) is 0. The van der Waals surface area contributed by atoms with Crippen LogP contribution in [0.2, 0.25) is 0 Å². The molecule has 1 aromatic rings. The van der Waals surface area contributed by atoms with Crippen LogP contribution in [0.1, 0.15) is 46.6 Å². The lowest BCUT2D eigenvalue weighted by Crippen LogP contribution is -2.30. The zero-order chi connectivity index (χ0) is 13.8. The molecule has 0 heterocycles. The van der Waals surface area contributed by atoms with Crippen LogP contribution in [0.5, 0.6) is 0 Å². The summed E-state index contributed by atoms with van der Waals surface area (Å²) in [6.07, 6.45) is 3.15. The Morgan fingerprint density at radius 2 is 1.67 bits per heavy atom. The zero-order valence-corrected chi connectivity index (χ0v) is 13.7. The van der Waals surface area contributed by atoms with Crippen molar-refractivity contribution in [3.8, 4) is 0 Å². The Morgan fingerprint density at radius 1 is 1.11 bits per heavy atom. The molecule has 0 spiro atoms. The number of benzene rings is 1. The lowest BCUT2D eigenvalue weighted by Gasteiger charge is -2.39. The topological polar surface area (TPSA) is 20.2 Å². The van der Waals surface area contributed by atoms with Crippen molar-refractivity contribution in [2.24, 2.45) is 10.8 Å². The average Bonchev–Trinajstić information content (AvgIpc) is 2.27. The summed E-state index contributed by atoms with van der Waals surface area (Å²) in [6, 6.07) is 10.3. The Kier molecular flexibility index (Phi) is 4.94. The number of allylic oxidation sites excluding steroid dienone is 1. The van der Waals surface area contributed by atoms with Crippen LogP contribution in [0.3, 0.4) is 0 Å². The van der Waals surface area contributed by atoms with E-state index in [-0.39, 0.29) is 10.8 Å². The molecule has 0 aliphatic carbocycles. The van der Waals surface area contributed by atoms with Gasteiger partial charge in [-0.05, 0) is 22.8 Å². The van der Waals surface area contributed by atoms with Gasteiger partial charge in [-0.3, -0.25) is 0 Å². The van der Waals surface area contributed by atoms with Crippen molar-refractivity contribution in [1.82, 2.24) is 0 Å². The molecule has 0 fully saturated rings. The quantitative estimate of drug-likeness (QED) is 0.823. The van der Waals surface area contributed by atoms with Gasteiger partial charge in [0.15, 0.2) is 9.76 Å². The third-order valence-corrected chi connectivity index (χ3v) is 4.93. The second-order valence-electron chi connectivity index (χ2n) is 6.68. The van der Waals surface area contributed by atoms with Crippen molar-refractivity contribution in [2.45, 2.75) is 41.0 Å². The number of rotatable bonds is 4. The summed E-state index contributed by atoms with van der Waals surface area (Å²) in [5, 5.41) is 1.24. The molecule has 0 amide bonds. The average molecular weight is 262 g/mol. The second kappa shape index (κ2) is 5.85. The molecule has 1 rings (SSSR count). The molecule has 100 valence electrons. The van der Waals surface area contributed by atoms with Gasteiger partial charge in [-0.15, -0.1) is 0 Å². The maximum absolute atomic E-state index is 9.69. The van der Waals surface area contributed by atoms with Crippen molar-refractivity contribution < 1.29 is 4.80 Å². The highest BCUT2D eigenvalue weighted by Gasteiger charge is 2.33. The minimum absolute atomic E-state index is 0.198. The Balaban J connectivity index is 2.90. The zero-order valence-electron chi connectivity index (χ0n) is 12.3. The third-order valence-electron chi connectivity index (χ3n) is 4.07. The minimum Gasteiger partial charge on any atom is -0.434 e. The van der Waals surface area contributed by atoms with Crippen LogP contribution in [0.15, 0.2) is 35.5 Å². The fourth-order valence-corrected chi connectivity index (χ4v) is 2.83. The van der Waals surface area contributed by atoms with Crippen LogP contribution in [-0.4, -0.2) is 14.6 Å². The Morgan fingerprint density at radius 3 is 2.11 bits per heavy atom. The molecule has 0 saturated heterocycles. The van der Waals surface area contributed by atoms with Crippen molar-refractivity contribution in [2.75, 3.05) is 0 Å². The van der Waals surface area contributed by atoms with Crippen LogP contribution in [-0.2, 0) is 0 Å². The normalized spacial score (nSPS) is 14.4. The van der Waals surface area contributed by atoms with E-state index in [0.29, 0.717) is 0 Å². The monoisotopic (exact) mass is 262 g/mol. The van der Waals surface area contributed by atoms with E-state index in [2.05, 4.69) is 52.8 Å². The SMILES string of the molecule is CC(C)(C)C(C)(C)C/C(=C\c1ccccc1)[SiH2]O. The van der Waals surface area contributed by atoms with E-state index >= 15 is 0 Å². The van der Waals surface area contributed by atoms with Crippen LogP contribution in [0.4, 0.5) is 0 Å². The maximum atomic E-state index is 9.69. The van der Waals surface area contributed by atoms with Crippen LogP contribution >= 0.6 is 0 Å². The number of hydrogen-bond acceptors (Lipinski definition) is 1. The van der Waals surface area contributed by atoms with Gasteiger partial charge < -0.3 is 4.80 Å². The van der Waals surface area contributed by atoms with Gasteiger partial charge in [0, 0.05) is 0 Å². The van der Waals surface area contributed by atoms with E-state index < -0.39 is 9.76 Å². The van der Waals surface area contributed by atoms with Crippen molar-refractivity contribution in [1.29, 1.82) is 0 Å². The number of hydrogen-bond donors (Lipinski definition) is 1. The molecule has 0 bridgehead atoms. The molecule has 1 aromatic carbocycles. The van der Waals surface area contributed by atoms with Gasteiger partial charge in [-0.2, -0.15) is 0 Å². The Hall–Kier alpha value is -0.863. The van der Waals surface area contributed by atoms with Gasteiger partial charge in [0.05, 0.1) is 0 Å². The first kappa shape index (κ1) is 15.2. The summed E-state index contributed by atoms with van der Waals surface area (Å²) in [5.41, 5.74) is 1.63. The summed E-state index contributed by atoms with van der Waals surface area (Å²) < 4.78 is 0. The van der Waals surface area contributed by atoms with Gasteiger partial charge >= 0.3 is 0 Å². The summed E-state index contributed by atoms with van der Waals surface area (Å²) in [4.78, 5) is 9.69. The third kappa shape index (κ3) is 4.11. The second-order valence-corrected chi connectivity index (χ2v) is 7.91. The van der Waals surface area contributed by atoms with E-state index in [1.54, 1.807) is 0 Å². The van der Waals surface area contributed by atoms with Crippen molar-refractivity contribution in [3.63, 3.8) is 0 Å². The van der Waals surface area contributed by atoms with Crippen LogP contribution in [0, 0.1) is 10.8 Å². The molecule has 0 aliphatic heterocycles. The van der Waals surface area contributed by atoms with E-state index in [0.717, 1.165) is 6.42 Å². The summed E-state index contributed by atoms with van der Waals surface area (Å²) in [7, 11) is -1.09. The summed E-state index contributed by atoms with van der Waals surface area (Å²) >= 11 is 0. The summed E-state index contributed by atoms with van der Waals surface area (Å²) in [6.45, 7) is 11.4. The minimum atomic E-state index is -1.09. The molecule has 1 nitrogen and oxygen atoms in total. The Labute approximate surface area is 114 Å². The highest BCUT2D eigenvalue weighted by atomic mass is 28.2. The first-order chi connectivity index (χ1) is 8.26. The first-order valence-corrected chi connectivity index (χ1v) is 7.95. The molecule has 0 unspecified atom stereocenters. The smallest absolute Gasteiger partial charge is 0.184 e. The Bertz CT molecular complexity index is 399. The van der Waals surface area contributed by atoms with E-state index in [1.807, 2.05) is 18.2 Å². The fourth-order valence-electron chi connectivity index (χ4n) is 1.77. The van der Waals surface area contributed by atoms with E-state index in [9.17, 15) is 4.80 Å². The molecule has 0 radical (unpaired) electrons. The highest BCUT2D eigenvalue weighted by Crippen LogP contribution is 2.42. The largest absolute Gasteiger partial charge is 0.434 e. The fraction of sp³-hybridized carbons (Fsp3) is 0.500. The van der Waals surface area contributed by atoms with E-state index in [4.69, 9.17) is 0 Å². The van der Waals surface area contributed by atoms with Gasteiger partial charge in [-0.25, -0.2) is 0 Å². The molecule has 18 heavy (non-hydrogen) atoms. The van der Waals surface area contributed by atoms with Crippen molar-refractivity contribution in [3.05, 3.63) is 41.1 Å². The predicted octanol–water partition coefficient (Wildman–Crippen LogP) is 3.57. The maximum Gasteiger partial charge on any atom is 0.184 e. The molecule has 1 N–H and O–H groups in total. The molecule has 0 aromatic heterocycles. The van der Waals surface area contributed by atoms with Crippen LogP contribution in [0.25, 0.3) is 6.08 Å². The predicted molar refractivity (Wildman–Crippen MR) is 83.0 cm³/mol. The van der Waals surface area contributed by atoms with Gasteiger partial charge in [0.25, 0.3) is 0 Å². The lowest BCUT2D eigenvalue weighted by molar-refractivity contribution is 0.134. The molecular formula is C16H26OSi. The molecule has 0 atom stereocenters. The molecule has 0 saturated carbocycles. The highest BCUT2D eigenvalue weighted by molar-refractivity contribution is 6.38. The van der Waals surface area contributed by atoms with Gasteiger partial charge in [0.1, 0.15) is 0 Å². The van der Waals surface area contributed by atoms with Crippen LogP contribution < -0.4 is 0 Å². The van der Waals surface area contributed by atoms with Gasteiger partial charge in [-0.1, -0.05) is 76.2 Å². The standard InChI is InChI=1S/C16H26OSi/c1-15(2,3)16(4,5)12-14(18-17)11-13-9-7-6-8-10-13/h6-11,17H,12,18H2,1-5H3/b14-11+. The van der Waals surface area contributed by atoms with Gasteiger partial charge in [0.2, 0.25) is 0 Å². The van der Waals surface area contributed by atoms with E-state index in [1.165, 1.54) is 10.8 Å². The van der Waals surface area contributed by atoms with Crippen molar-refractivity contribution >= 4 is 15.8 Å². The molecule has 0 aliphatic rings. The molecule has 2 heteroatoms. The first-order valence-electron chi connectivity index (χ1n) is 6.61.